The minimum absolute atomic E-state index is 0.0218. The minimum atomic E-state index is -0.217. The van der Waals surface area contributed by atoms with E-state index < -0.39 is 0 Å². The molecular formula is C25H26N2O3. The van der Waals surface area contributed by atoms with Crippen LogP contribution in [0.25, 0.3) is 0 Å². The van der Waals surface area contributed by atoms with Gasteiger partial charge in [0.15, 0.2) is 0 Å². The highest BCUT2D eigenvalue weighted by molar-refractivity contribution is 6.04. The molecule has 0 atom stereocenters. The zero-order chi connectivity index (χ0) is 21.2. The molecule has 0 aliphatic carbocycles. The first kappa shape index (κ1) is 21.1. The lowest BCUT2D eigenvalue weighted by Gasteiger charge is -2.10. The van der Waals surface area contributed by atoms with E-state index in [0.29, 0.717) is 30.0 Å². The first-order valence-electron chi connectivity index (χ1n) is 10.1. The van der Waals surface area contributed by atoms with Crippen LogP contribution >= 0.6 is 0 Å². The third-order valence-corrected chi connectivity index (χ3v) is 4.50. The van der Waals surface area contributed by atoms with E-state index in [-0.39, 0.29) is 11.8 Å². The predicted molar refractivity (Wildman–Crippen MR) is 120 cm³/mol. The summed E-state index contributed by atoms with van der Waals surface area (Å²) in [6, 6.07) is 24.0. The summed E-state index contributed by atoms with van der Waals surface area (Å²) in [5.41, 5.74) is 2.74. The van der Waals surface area contributed by atoms with Crippen molar-refractivity contribution in [3.8, 4) is 5.75 Å². The average Bonchev–Trinajstić information content (AvgIpc) is 2.77. The standard InChI is InChI=1S/C25H26N2O3/c1-2-3-15-24(28)26-21-11-8-12-22(17-21)27-25(29)20-10-7-9-19(16-20)18-30-23-13-5-4-6-14-23/h4-14,16-17H,2-3,15,18H2,1H3,(H,26,28)(H,27,29). The lowest BCUT2D eigenvalue weighted by atomic mass is 10.1. The molecule has 0 saturated heterocycles. The number of anilines is 2. The van der Waals surface area contributed by atoms with Gasteiger partial charge in [-0.1, -0.05) is 49.7 Å². The maximum atomic E-state index is 12.7. The van der Waals surface area contributed by atoms with Crippen LogP contribution in [-0.4, -0.2) is 11.8 Å². The molecule has 0 radical (unpaired) electrons. The first-order chi connectivity index (χ1) is 14.6. The highest BCUT2D eigenvalue weighted by atomic mass is 16.5. The van der Waals surface area contributed by atoms with Gasteiger partial charge in [-0.15, -0.1) is 0 Å². The van der Waals surface area contributed by atoms with Crippen LogP contribution in [0.4, 0.5) is 11.4 Å². The van der Waals surface area contributed by atoms with Crippen molar-refractivity contribution in [2.24, 2.45) is 0 Å². The Hall–Kier alpha value is -3.60. The fourth-order valence-corrected chi connectivity index (χ4v) is 2.92. The number of nitrogens with one attached hydrogen (secondary N) is 2. The van der Waals surface area contributed by atoms with Gasteiger partial charge < -0.3 is 15.4 Å². The van der Waals surface area contributed by atoms with Crippen molar-refractivity contribution in [1.29, 1.82) is 0 Å². The molecule has 3 aromatic rings. The van der Waals surface area contributed by atoms with Gasteiger partial charge in [0.05, 0.1) is 0 Å². The lowest BCUT2D eigenvalue weighted by Crippen LogP contribution is -2.14. The second kappa shape index (κ2) is 10.8. The van der Waals surface area contributed by atoms with E-state index >= 15 is 0 Å². The van der Waals surface area contributed by atoms with Gasteiger partial charge >= 0.3 is 0 Å². The number of unbranched alkanes of at least 4 members (excludes halogenated alkanes) is 1. The summed E-state index contributed by atoms with van der Waals surface area (Å²) in [6.07, 6.45) is 2.32. The molecule has 0 bridgehead atoms. The third kappa shape index (κ3) is 6.48. The van der Waals surface area contributed by atoms with Crippen molar-refractivity contribution in [1.82, 2.24) is 0 Å². The van der Waals surface area contributed by atoms with E-state index in [9.17, 15) is 9.59 Å². The van der Waals surface area contributed by atoms with Crippen molar-refractivity contribution in [2.45, 2.75) is 32.8 Å². The molecule has 154 valence electrons. The monoisotopic (exact) mass is 402 g/mol. The number of benzene rings is 3. The van der Waals surface area contributed by atoms with Crippen LogP contribution in [0, 0.1) is 0 Å². The van der Waals surface area contributed by atoms with Gasteiger partial charge in [-0.05, 0) is 54.4 Å². The van der Waals surface area contributed by atoms with Crippen molar-refractivity contribution < 1.29 is 14.3 Å². The molecule has 0 heterocycles. The summed E-state index contributed by atoms with van der Waals surface area (Å²) in [6.45, 7) is 2.43. The van der Waals surface area contributed by atoms with Crippen LogP contribution in [0.1, 0.15) is 42.1 Å². The second-order valence-corrected chi connectivity index (χ2v) is 6.99. The molecule has 0 aliphatic rings. The molecule has 5 nitrogen and oxygen atoms in total. The average molecular weight is 402 g/mol. The van der Waals surface area contributed by atoms with Gasteiger partial charge in [0, 0.05) is 23.4 Å². The zero-order valence-corrected chi connectivity index (χ0v) is 17.1. The smallest absolute Gasteiger partial charge is 0.255 e. The molecule has 0 unspecified atom stereocenters. The van der Waals surface area contributed by atoms with Crippen LogP contribution in [0.2, 0.25) is 0 Å². The van der Waals surface area contributed by atoms with E-state index in [1.54, 1.807) is 30.3 Å². The van der Waals surface area contributed by atoms with Crippen molar-refractivity contribution in [2.75, 3.05) is 10.6 Å². The number of carbonyl (C=O) groups is 2. The molecule has 2 N–H and O–H groups in total. The molecule has 0 spiro atoms. The maximum absolute atomic E-state index is 12.7. The summed E-state index contributed by atoms with van der Waals surface area (Å²) < 4.78 is 5.75. The second-order valence-electron chi connectivity index (χ2n) is 6.99. The van der Waals surface area contributed by atoms with Crippen LogP contribution < -0.4 is 15.4 Å². The topological polar surface area (TPSA) is 67.4 Å². The fraction of sp³-hybridized carbons (Fsp3) is 0.200. The molecule has 2 amide bonds. The molecule has 3 aromatic carbocycles. The summed E-state index contributed by atoms with van der Waals surface area (Å²) in [4.78, 5) is 24.6. The van der Waals surface area contributed by atoms with E-state index in [1.165, 1.54) is 0 Å². The van der Waals surface area contributed by atoms with E-state index in [0.717, 1.165) is 24.2 Å². The Kier molecular flexibility index (Phi) is 7.61. The largest absolute Gasteiger partial charge is 0.489 e. The zero-order valence-electron chi connectivity index (χ0n) is 17.1. The number of ether oxygens (including phenoxy) is 1. The SMILES string of the molecule is CCCCC(=O)Nc1cccc(NC(=O)c2cccc(COc3ccccc3)c2)c1. The molecule has 0 aliphatic heterocycles. The Bertz CT molecular complexity index is 986. The van der Waals surface area contributed by atoms with E-state index in [2.05, 4.69) is 10.6 Å². The molecule has 0 saturated carbocycles. The number of rotatable bonds is 9. The summed E-state index contributed by atoms with van der Waals surface area (Å²) in [5.74, 6) is 0.544. The van der Waals surface area contributed by atoms with Crippen LogP contribution in [0.5, 0.6) is 5.75 Å². The Morgan fingerprint density at radius 3 is 2.33 bits per heavy atom. The van der Waals surface area contributed by atoms with Gasteiger partial charge in [-0.3, -0.25) is 9.59 Å². The Balaban J connectivity index is 1.60. The molecule has 5 heteroatoms. The highest BCUT2D eigenvalue weighted by Gasteiger charge is 2.09. The summed E-state index contributed by atoms with van der Waals surface area (Å²) in [5, 5.41) is 5.75. The molecule has 3 rings (SSSR count). The van der Waals surface area contributed by atoms with Crippen molar-refractivity contribution >= 4 is 23.2 Å². The van der Waals surface area contributed by atoms with Crippen LogP contribution in [-0.2, 0) is 11.4 Å². The molecule has 0 aromatic heterocycles. The molecular weight excluding hydrogens is 376 g/mol. The first-order valence-corrected chi connectivity index (χ1v) is 10.1. The quantitative estimate of drug-likeness (QED) is 0.486. The van der Waals surface area contributed by atoms with Crippen molar-refractivity contribution in [3.63, 3.8) is 0 Å². The Morgan fingerprint density at radius 1 is 0.833 bits per heavy atom. The highest BCUT2D eigenvalue weighted by Crippen LogP contribution is 2.18. The summed E-state index contributed by atoms with van der Waals surface area (Å²) >= 11 is 0. The summed E-state index contributed by atoms with van der Waals surface area (Å²) in [7, 11) is 0. The minimum Gasteiger partial charge on any atom is -0.489 e. The lowest BCUT2D eigenvalue weighted by molar-refractivity contribution is -0.116. The number of carbonyl (C=O) groups excluding carboxylic acids is 2. The van der Waals surface area contributed by atoms with Crippen LogP contribution in [0.15, 0.2) is 78.9 Å². The number of hydrogen-bond donors (Lipinski definition) is 2. The Morgan fingerprint density at radius 2 is 1.57 bits per heavy atom. The van der Waals surface area contributed by atoms with Gasteiger partial charge in [0.1, 0.15) is 12.4 Å². The van der Waals surface area contributed by atoms with Gasteiger partial charge in [-0.25, -0.2) is 0 Å². The number of hydrogen-bond acceptors (Lipinski definition) is 3. The third-order valence-electron chi connectivity index (χ3n) is 4.50. The van der Waals surface area contributed by atoms with Gasteiger partial charge in [0.2, 0.25) is 5.91 Å². The molecule has 30 heavy (non-hydrogen) atoms. The van der Waals surface area contributed by atoms with E-state index in [4.69, 9.17) is 4.74 Å². The predicted octanol–water partition coefficient (Wildman–Crippen LogP) is 5.65. The maximum Gasteiger partial charge on any atom is 0.255 e. The van der Waals surface area contributed by atoms with E-state index in [1.807, 2.05) is 55.5 Å². The number of para-hydroxylation sites is 1. The van der Waals surface area contributed by atoms with Gasteiger partial charge in [0.25, 0.3) is 5.91 Å². The molecule has 0 fully saturated rings. The number of amides is 2. The fourth-order valence-electron chi connectivity index (χ4n) is 2.92. The Labute approximate surface area is 177 Å². The van der Waals surface area contributed by atoms with Crippen LogP contribution in [0.3, 0.4) is 0 Å². The van der Waals surface area contributed by atoms with Crippen molar-refractivity contribution in [3.05, 3.63) is 90.0 Å². The normalized spacial score (nSPS) is 10.3. The van der Waals surface area contributed by atoms with Gasteiger partial charge in [-0.2, -0.15) is 0 Å².